The zero-order valence-electron chi connectivity index (χ0n) is 14.8. The summed E-state index contributed by atoms with van der Waals surface area (Å²) in [5, 5.41) is 11.6. The summed E-state index contributed by atoms with van der Waals surface area (Å²) in [7, 11) is 0. The summed E-state index contributed by atoms with van der Waals surface area (Å²) in [6.45, 7) is 0. The fraction of sp³-hybridized carbons (Fsp3) is 0.250. The molecule has 1 aromatic carbocycles. The molecule has 28 heavy (non-hydrogen) atoms. The van der Waals surface area contributed by atoms with Crippen molar-refractivity contribution >= 4 is 50.3 Å². The Bertz CT molecular complexity index is 1130. The van der Waals surface area contributed by atoms with Crippen molar-refractivity contribution in [1.82, 2.24) is 9.97 Å². The number of H-pyrrole nitrogens is 1. The van der Waals surface area contributed by atoms with Crippen molar-refractivity contribution in [3.8, 4) is 0 Å². The maximum absolute atomic E-state index is 13.2. The van der Waals surface area contributed by atoms with Gasteiger partial charge in [0.1, 0.15) is 16.5 Å². The average Bonchev–Trinajstić information content (AvgIpc) is 3.05. The van der Waals surface area contributed by atoms with Crippen LogP contribution in [0, 0.1) is 5.82 Å². The first-order valence-corrected chi connectivity index (χ1v) is 10.7. The molecular weight excluding hydrogens is 399 g/mol. The summed E-state index contributed by atoms with van der Waals surface area (Å²) in [5.74, 6) is -1.55. The molecule has 0 radical (unpaired) electrons. The first-order valence-electron chi connectivity index (χ1n) is 8.86. The van der Waals surface area contributed by atoms with Crippen LogP contribution in [0.25, 0.3) is 21.2 Å². The van der Waals surface area contributed by atoms with Crippen molar-refractivity contribution in [2.45, 2.75) is 25.7 Å². The molecule has 0 aliphatic heterocycles. The molecule has 3 aromatic rings. The number of nitrogens with one attached hydrogen (secondary N) is 1. The molecule has 1 aliphatic rings. The number of hydrogen-bond acceptors (Lipinski definition) is 6. The first-order chi connectivity index (χ1) is 13.5. The zero-order valence-corrected chi connectivity index (χ0v) is 16.4. The van der Waals surface area contributed by atoms with Gasteiger partial charge in [0.2, 0.25) is 0 Å². The Morgan fingerprint density at radius 3 is 2.79 bits per heavy atom. The summed E-state index contributed by atoms with van der Waals surface area (Å²) in [6.07, 6.45) is 5.71. The molecule has 0 saturated heterocycles. The van der Waals surface area contributed by atoms with Crippen LogP contribution in [-0.2, 0) is 17.6 Å². The second kappa shape index (κ2) is 7.89. The molecule has 2 heterocycles. The van der Waals surface area contributed by atoms with Crippen LogP contribution >= 0.6 is 23.1 Å². The summed E-state index contributed by atoms with van der Waals surface area (Å²) >= 11 is 2.54. The maximum atomic E-state index is 13.2. The zero-order chi connectivity index (χ0) is 19.7. The molecular formula is C20H16FN2O3S2-. The molecule has 5 nitrogen and oxygen atoms in total. The highest BCUT2D eigenvalue weighted by Crippen LogP contribution is 2.35. The van der Waals surface area contributed by atoms with Crippen molar-refractivity contribution in [1.29, 1.82) is 0 Å². The molecule has 4 rings (SSSR count). The van der Waals surface area contributed by atoms with E-state index in [0.717, 1.165) is 43.0 Å². The lowest BCUT2D eigenvalue weighted by Crippen LogP contribution is -2.24. The number of fused-ring (bicyclic) bond motifs is 3. The van der Waals surface area contributed by atoms with Crippen LogP contribution in [-0.4, -0.2) is 21.7 Å². The third kappa shape index (κ3) is 3.88. The number of aryl methyl sites for hydroxylation is 2. The lowest BCUT2D eigenvalue weighted by Gasteiger charge is -2.10. The predicted molar refractivity (Wildman–Crippen MR) is 109 cm³/mol. The van der Waals surface area contributed by atoms with E-state index in [4.69, 9.17) is 0 Å². The SMILES string of the molecule is O=C([O-])CS/C(=C\c1ccc(F)cc1)c1nc2sc3c(c2c(=O)[nH]1)CCCC3. The lowest BCUT2D eigenvalue weighted by molar-refractivity contribution is -0.301. The van der Waals surface area contributed by atoms with E-state index < -0.39 is 5.97 Å². The monoisotopic (exact) mass is 415 g/mol. The molecule has 1 aliphatic carbocycles. The number of aromatic nitrogens is 2. The van der Waals surface area contributed by atoms with Gasteiger partial charge < -0.3 is 14.9 Å². The highest BCUT2D eigenvalue weighted by Gasteiger charge is 2.20. The molecule has 2 aromatic heterocycles. The average molecular weight is 415 g/mol. The summed E-state index contributed by atoms with van der Waals surface area (Å²) in [6, 6.07) is 5.80. The van der Waals surface area contributed by atoms with E-state index in [9.17, 15) is 19.1 Å². The van der Waals surface area contributed by atoms with Gasteiger partial charge in [0.25, 0.3) is 5.56 Å². The molecule has 0 amide bonds. The van der Waals surface area contributed by atoms with Gasteiger partial charge in [-0.05, 0) is 55.0 Å². The number of carbonyl (C=O) groups excluding carboxylic acids is 1. The number of nitrogens with zero attached hydrogens (tertiary/aromatic N) is 1. The maximum Gasteiger partial charge on any atom is 0.260 e. The van der Waals surface area contributed by atoms with Gasteiger partial charge in [-0.3, -0.25) is 4.79 Å². The van der Waals surface area contributed by atoms with E-state index in [-0.39, 0.29) is 17.1 Å². The van der Waals surface area contributed by atoms with Crippen molar-refractivity contribution in [3.63, 3.8) is 0 Å². The van der Waals surface area contributed by atoms with E-state index in [1.807, 2.05) is 0 Å². The number of rotatable bonds is 5. The minimum absolute atomic E-state index is 0.210. The fourth-order valence-corrected chi connectivity index (χ4v) is 5.29. The molecule has 0 spiro atoms. The van der Waals surface area contributed by atoms with Crippen LogP contribution in [0.4, 0.5) is 4.39 Å². The number of aliphatic carboxylic acids is 1. The van der Waals surface area contributed by atoms with E-state index in [1.54, 1.807) is 18.2 Å². The van der Waals surface area contributed by atoms with E-state index in [1.165, 1.54) is 28.3 Å². The molecule has 144 valence electrons. The van der Waals surface area contributed by atoms with Crippen molar-refractivity contribution < 1.29 is 14.3 Å². The Morgan fingerprint density at radius 1 is 1.29 bits per heavy atom. The minimum atomic E-state index is -1.22. The third-order valence-corrected chi connectivity index (χ3v) is 6.76. The first kappa shape index (κ1) is 18.9. The van der Waals surface area contributed by atoms with Gasteiger partial charge in [-0.1, -0.05) is 12.1 Å². The molecule has 0 saturated carbocycles. The Morgan fingerprint density at radius 2 is 2.04 bits per heavy atom. The molecule has 8 heteroatoms. The number of aromatic amines is 1. The van der Waals surface area contributed by atoms with Crippen molar-refractivity contribution in [3.05, 3.63) is 62.3 Å². The Labute approximate surface area is 168 Å². The Balaban J connectivity index is 1.81. The number of hydrogen-bond donors (Lipinski definition) is 1. The molecule has 0 fully saturated rings. The number of halogens is 1. The van der Waals surface area contributed by atoms with Crippen LogP contribution in [0.5, 0.6) is 0 Å². The summed E-state index contributed by atoms with van der Waals surface area (Å²) < 4.78 is 13.2. The smallest absolute Gasteiger partial charge is 0.260 e. The minimum Gasteiger partial charge on any atom is -0.549 e. The Hall–Kier alpha value is -2.45. The van der Waals surface area contributed by atoms with Crippen molar-refractivity contribution in [2.24, 2.45) is 0 Å². The van der Waals surface area contributed by atoms with Crippen LogP contribution in [0.2, 0.25) is 0 Å². The second-order valence-corrected chi connectivity index (χ2v) is 8.63. The normalized spacial score (nSPS) is 14.2. The summed E-state index contributed by atoms with van der Waals surface area (Å²) in [5.41, 5.74) is 1.56. The van der Waals surface area contributed by atoms with Crippen LogP contribution in [0.3, 0.4) is 0 Å². The van der Waals surface area contributed by atoms with Crippen molar-refractivity contribution in [2.75, 3.05) is 5.75 Å². The van der Waals surface area contributed by atoms with Crippen LogP contribution in [0.15, 0.2) is 29.1 Å². The van der Waals surface area contributed by atoms with Gasteiger partial charge in [0, 0.05) is 10.6 Å². The number of carboxylic acid groups (broad SMARTS) is 1. The van der Waals surface area contributed by atoms with Crippen LogP contribution in [0.1, 0.15) is 34.7 Å². The third-order valence-electron chi connectivity index (χ3n) is 4.57. The predicted octanol–water partition coefficient (Wildman–Crippen LogP) is 2.98. The second-order valence-electron chi connectivity index (χ2n) is 6.53. The quantitative estimate of drug-likeness (QED) is 0.692. The molecule has 0 bridgehead atoms. The molecule has 1 N–H and O–H groups in total. The van der Waals surface area contributed by atoms with Gasteiger partial charge >= 0.3 is 0 Å². The molecule has 0 atom stereocenters. The van der Waals surface area contributed by atoms with Gasteiger partial charge in [0.15, 0.2) is 0 Å². The van der Waals surface area contributed by atoms with Gasteiger partial charge in [-0.25, -0.2) is 9.37 Å². The van der Waals surface area contributed by atoms with Gasteiger partial charge in [-0.15, -0.1) is 23.1 Å². The Kier molecular flexibility index (Phi) is 5.32. The van der Waals surface area contributed by atoms with Crippen LogP contribution < -0.4 is 10.7 Å². The standard InChI is InChI=1S/C20H17FN2O3S2/c21-12-7-5-11(6-8-12)9-15(27-10-16(24)25)18-22-19(26)17-13-3-1-2-4-14(13)28-20(17)23-18/h5-9H,1-4,10H2,(H,24,25)(H,22,23,26)/p-1/b15-9-. The number of benzene rings is 1. The summed E-state index contributed by atoms with van der Waals surface area (Å²) in [4.78, 5) is 33.5. The van der Waals surface area contributed by atoms with E-state index in [2.05, 4.69) is 9.97 Å². The fourth-order valence-electron chi connectivity index (χ4n) is 3.31. The number of thioether (sulfide) groups is 1. The van der Waals surface area contributed by atoms with E-state index in [0.29, 0.717) is 26.5 Å². The highest BCUT2D eigenvalue weighted by atomic mass is 32.2. The number of carboxylic acids is 1. The topological polar surface area (TPSA) is 85.9 Å². The lowest BCUT2D eigenvalue weighted by atomic mass is 9.97. The largest absolute Gasteiger partial charge is 0.549 e. The van der Waals surface area contributed by atoms with E-state index >= 15 is 0 Å². The van der Waals surface area contributed by atoms with Gasteiger partial charge in [0.05, 0.1) is 16.3 Å². The highest BCUT2D eigenvalue weighted by molar-refractivity contribution is 8.09. The van der Waals surface area contributed by atoms with Gasteiger partial charge in [-0.2, -0.15) is 0 Å². The number of thiophene rings is 1. The number of carbonyl (C=O) groups is 1. The molecule has 0 unspecified atom stereocenters.